The molecule has 2 heterocycles. The number of halogens is 1. The lowest BCUT2D eigenvalue weighted by Gasteiger charge is -2.02. The summed E-state index contributed by atoms with van der Waals surface area (Å²) in [5.74, 6) is 0.967. The molecule has 0 atom stereocenters. The van der Waals surface area contributed by atoms with E-state index in [0.29, 0.717) is 23.3 Å². The van der Waals surface area contributed by atoms with Crippen molar-refractivity contribution in [3.8, 4) is 11.5 Å². The van der Waals surface area contributed by atoms with E-state index < -0.39 is 0 Å². The van der Waals surface area contributed by atoms with Crippen molar-refractivity contribution in [1.29, 1.82) is 0 Å². The zero-order chi connectivity index (χ0) is 14.5. The summed E-state index contributed by atoms with van der Waals surface area (Å²) in [7, 11) is 0. The van der Waals surface area contributed by atoms with Crippen molar-refractivity contribution in [1.82, 2.24) is 25.3 Å². The summed E-state index contributed by atoms with van der Waals surface area (Å²) in [5.41, 5.74) is 0.745. The third-order valence-electron chi connectivity index (χ3n) is 2.92. The topological polar surface area (TPSA) is 68.8 Å². The summed E-state index contributed by atoms with van der Waals surface area (Å²) in [6.45, 7) is 2.07. The smallest absolute Gasteiger partial charge is 0.249 e. The minimum Gasteiger partial charge on any atom is -0.419 e. The van der Waals surface area contributed by atoms with Crippen LogP contribution in [0.3, 0.4) is 0 Å². The van der Waals surface area contributed by atoms with Crippen LogP contribution in [0, 0.1) is 0 Å². The Bertz CT molecular complexity index is 695. The molecule has 1 N–H and O–H groups in total. The van der Waals surface area contributed by atoms with Crippen LogP contribution in [-0.4, -0.2) is 26.5 Å². The highest BCUT2D eigenvalue weighted by molar-refractivity contribution is 6.33. The standard InChI is InChI=1S/C14H14ClN5O/c15-12-5-2-1-4-11(12)14-19-18-13(21-14)10-16-7-9-20-8-3-6-17-20/h1-6,8,16H,7,9-10H2. The maximum Gasteiger partial charge on any atom is 0.249 e. The van der Waals surface area contributed by atoms with Gasteiger partial charge in [0.15, 0.2) is 0 Å². The highest BCUT2D eigenvalue weighted by Crippen LogP contribution is 2.25. The highest BCUT2D eigenvalue weighted by Gasteiger charge is 2.10. The molecule has 7 heteroatoms. The second-order valence-electron chi connectivity index (χ2n) is 4.43. The molecule has 108 valence electrons. The molecule has 0 aliphatic heterocycles. The lowest BCUT2D eigenvalue weighted by molar-refractivity contribution is 0.464. The van der Waals surface area contributed by atoms with Crippen molar-refractivity contribution < 1.29 is 4.42 Å². The van der Waals surface area contributed by atoms with Crippen LogP contribution >= 0.6 is 11.6 Å². The van der Waals surface area contributed by atoms with Crippen LogP contribution in [0.1, 0.15) is 5.89 Å². The lowest BCUT2D eigenvalue weighted by atomic mass is 10.2. The quantitative estimate of drug-likeness (QED) is 0.708. The average Bonchev–Trinajstić information content (AvgIpc) is 3.16. The van der Waals surface area contributed by atoms with Gasteiger partial charge in [-0.25, -0.2) is 0 Å². The highest BCUT2D eigenvalue weighted by atomic mass is 35.5. The van der Waals surface area contributed by atoms with Crippen LogP contribution in [0.15, 0.2) is 47.1 Å². The van der Waals surface area contributed by atoms with Gasteiger partial charge in [0.25, 0.3) is 0 Å². The summed E-state index contributed by atoms with van der Waals surface area (Å²) in [6, 6.07) is 9.29. The van der Waals surface area contributed by atoms with Gasteiger partial charge in [-0.05, 0) is 18.2 Å². The minimum atomic E-state index is 0.435. The number of nitrogens with one attached hydrogen (secondary N) is 1. The van der Waals surface area contributed by atoms with Crippen molar-refractivity contribution in [2.24, 2.45) is 0 Å². The van der Waals surface area contributed by atoms with Gasteiger partial charge in [-0.3, -0.25) is 4.68 Å². The molecule has 0 radical (unpaired) electrons. The number of hydrogen-bond acceptors (Lipinski definition) is 5. The maximum atomic E-state index is 6.10. The molecular formula is C14H14ClN5O. The fourth-order valence-corrected chi connectivity index (χ4v) is 2.11. The van der Waals surface area contributed by atoms with E-state index in [1.807, 2.05) is 35.1 Å². The van der Waals surface area contributed by atoms with Crippen molar-refractivity contribution in [2.45, 2.75) is 13.1 Å². The molecule has 0 fully saturated rings. The molecule has 0 aliphatic rings. The zero-order valence-corrected chi connectivity index (χ0v) is 12.0. The third-order valence-corrected chi connectivity index (χ3v) is 3.25. The predicted molar refractivity (Wildman–Crippen MR) is 78.7 cm³/mol. The molecule has 0 amide bonds. The Morgan fingerprint density at radius 1 is 1.19 bits per heavy atom. The Labute approximate surface area is 126 Å². The van der Waals surface area contributed by atoms with Gasteiger partial charge < -0.3 is 9.73 Å². The number of rotatable bonds is 6. The summed E-state index contributed by atoms with van der Waals surface area (Å²) >= 11 is 6.10. The molecule has 3 rings (SSSR count). The van der Waals surface area contributed by atoms with Gasteiger partial charge in [0.1, 0.15) is 0 Å². The molecule has 0 unspecified atom stereocenters. The minimum absolute atomic E-state index is 0.435. The van der Waals surface area contributed by atoms with Crippen molar-refractivity contribution in [3.05, 3.63) is 53.6 Å². The molecule has 0 aliphatic carbocycles. The normalized spacial score (nSPS) is 10.9. The predicted octanol–water partition coefficient (Wildman–Crippen LogP) is 2.38. The Morgan fingerprint density at radius 3 is 2.90 bits per heavy atom. The van der Waals surface area contributed by atoms with Gasteiger partial charge in [0, 0.05) is 18.9 Å². The van der Waals surface area contributed by atoms with Crippen LogP contribution in [0.4, 0.5) is 0 Å². The Kier molecular flexibility index (Phi) is 4.28. The molecule has 2 aromatic heterocycles. The van der Waals surface area contributed by atoms with Crippen molar-refractivity contribution in [2.75, 3.05) is 6.54 Å². The van der Waals surface area contributed by atoms with Crippen molar-refractivity contribution >= 4 is 11.6 Å². The number of nitrogens with zero attached hydrogens (tertiary/aromatic N) is 4. The van der Waals surface area contributed by atoms with E-state index in [9.17, 15) is 0 Å². The molecular weight excluding hydrogens is 290 g/mol. The number of hydrogen-bond donors (Lipinski definition) is 1. The van der Waals surface area contributed by atoms with E-state index >= 15 is 0 Å². The first-order valence-corrected chi connectivity index (χ1v) is 6.96. The summed E-state index contributed by atoms with van der Waals surface area (Å²) in [5, 5.41) is 16.0. The second kappa shape index (κ2) is 6.51. The molecule has 6 nitrogen and oxygen atoms in total. The molecule has 0 saturated heterocycles. The third kappa shape index (κ3) is 3.48. The van der Waals surface area contributed by atoms with Crippen LogP contribution in [0.2, 0.25) is 5.02 Å². The largest absolute Gasteiger partial charge is 0.419 e. The van der Waals surface area contributed by atoms with Gasteiger partial charge in [-0.15, -0.1) is 10.2 Å². The van der Waals surface area contributed by atoms with Crippen LogP contribution in [0.25, 0.3) is 11.5 Å². The van der Waals surface area contributed by atoms with Crippen LogP contribution in [0.5, 0.6) is 0 Å². The van der Waals surface area contributed by atoms with Crippen LogP contribution < -0.4 is 5.32 Å². The van der Waals surface area contributed by atoms with Gasteiger partial charge in [0.2, 0.25) is 11.8 Å². The molecule has 0 saturated carbocycles. The molecule has 1 aromatic carbocycles. The monoisotopic (exact) mass is 303 g/mol. The fourth-order valence-electron chi connectivity index (χ4n) is 1.89. The lowest BCUT2D eigenvalue weighted by Crippen LogP contribution is -2.19. The summed E-state index contributed by atoms with van der Waals surface area (Å²) < 4.78 is 7.45. The Morgan fingerprint density at radius 2 is 2.10 bits per heavy atom. The molecule has 21 heavy (non-hydrogen) atoms. The number of aromatic nitrogens is 4. The zero-order valence-electron chi connectivity index (χ0n) is 11.2. The van der Waals surface area contributed by atoms with Crippen LogP contribution in [-0.2, 0) is 13.1 Å². The van der Waals surface area contributed by atoms with Gasteiger partial charge in [0.05, 0.1) is 23.7 Å². The summed E-state index contributed by atoms with van der Waals surface area (Å²) in [4.78, 5) is 0. The Hall–Kier alpha value is -2.18. The first kappa shape index (κ1) is 13.8. The van der Waals surface area contributed by atoms with E-state index in [2.05, 4.69) is 20.6 Å². The second-order valence-corrected chi connectivity index (χ2v) is 4.83. The van der Waals surface area contributed by atoms with E-state index in [-0.39, 0.29) is 0 Å². The first-order chi connectivity index (χ1) is 10.3. The van der Waals surface area contributed by atoms with Gasteiger partial charge in [-0.2, -0.15) is 5.10 Å². The molecule has 0 bridgehead atoms. The van der Waals surface area contributed by atoms with E-state index in [1.54, 1.807) is 12.3 Å². The first-order valence-electron chi connectivity index (χ1n) is 6.58. The van der Waals surface area contributed by atoms with E-state index in [0.717, 1.165) is 18.7 Å². The molecule has 0 spiro atoms. The summed E-state index contributed by atoms with van der Waals surface area (Å²) in [6.07, 6.45) is 3.68. The molecule has 3 aromatic rings. The SMILES string of the molecule is Clc1ccccc1-c1nnc(CNCCn2cccn2)o1. The average molecular weight is 304 g/mol. The van der Waals surface area contributed by atoms with E-state index in [4.69, 9.17) is 16.0 Å². The fraction of sp³-hybridized carbons (Fsp3) is 0.214. The Balaban J connectivity index is 1.55. The number of benzene rings is 1. The van der Waals surface area contributed by atoms with E-state index in [1.165, 1.54) is 0 Å². The van der Waals surface area contributed by atoms with Crippen molar-refractivity contribution in [3.63, 3.8) is 0 Å². The van der Waals surface area contributed by atoms with Gasteiger partial charge >= 0.3 is 0 Å². The maximum absolute atomic E-state index is 6.10. The van der Waals surface area contributed by atoms with Gasteiger partial charge in [-0.1, -0.05) is 23.7 Å².